The Kier molecular flexibility index (Phi) is 12.4. The molecule has 0 saturated heterocycles. The van der Waals surface area contributed by atoms with E-state index in [1.807, 2.05) is 0 Å². The van der Waals surface area contributed by atoms with Crippen LogP contribution in [0.25, 0.3) is 0 Å². The Hall–Kier alpha value is 1.89. The third kappa shape index (κ3) is 9.31. The molecule has 0 bridgehead atoms. The molecule has 0 spiro atoms. The molecule has 0 aliphatic heterocycles. The molecule has 1 atom stereocenters. The van der Waals surface area contributed by atoms with Crippen LogP contribution in [0.5, 0.6) is 0 Å². The molecule has 0 rings (SSSR count). The van der Waals surface area contributed by atoms with Gasteiger partial charge < -0.3 is 16.7 Å². The molecular formula is C3H6ClKO. The molecular weight excluding hydrogens is 127 g/mol. The van der Waals surface area contributed by atoms with Gasteiger partial charge in [0.15, 0.2) is 0 Å². The van der Waals surface area contributed by atoms with Crippen molar-refractivity contribution in [3.8, 4) is 0 Å². The summed E-state index contributed by atoms with van der Waals surface area (Å²) in [5.41, 5.74) is 0. The Labute approximate surface area is 85.5 Å². The Morgan fingerprint density at radius 1 is 1.83 bits per heavy atom. The van der Waals surface area contributed by atoms with Crippen molar-refractivity contribution in [3.63, 3.8) is 0 Å². The van der Waals surface area contributed by atoms with E-state index in [9.17, 15) is 0 Å². The van der Waals surface area contributed by atoms with E-state index in [4.69, 9.17) is 16.7 Å². The van der Waals surface area contributed by atoms with E-state index in [2.05, 4.69) is 0 Å². The smallest absolute Gasteiger partial charge is 0.424 e. The molecule has 0 fully saturated rings. The second-order valence-electron chi connectivity index (χ2n) is 0.867. The second kappa shape index (κ2) is 6.89. The van der Waals surface area contributed by atoms with Gasteiger partial charge in [-0.05, 0) is 0 Å². The minimum absolute atomic E-state index is 0. The van der Waals surface area contributed by atoms with Gasteiger partial charge in [0, 0.05) is 0 Å². The standard InChI is InChI=1S/C3H6ClO.K/c1-3(5)2-4;/h2-3,5H,1H3;/q-1;+1. The van der Waals surface area contributed by atoms with Gasteiger partial charge in [-0.2, -0.15) is 0 Å². The van der Waals surface area contributed by atoms with E-state index in [1.54, 1.807) is 6.92 Å². The molecule has 1 nitrogen and oxygen atoms in total. The molecule has 32 valence electrons. The predicted octanol–water partition coefficient (Wildman–Crippen LogP) is -2.23. The average molecular weight is 133 g/mol. The predicted molar refractivity (Wildman–Crippen MR) is 21.8 cm³/mol. The summed E-state index contributed by atoms with van der Waals surface area (Å²) in [5.74, 6) is 1.19. The molecule has 0 aliphatic carbocycles. The molecule has 1 N–H and O–H groups in total. The maximum absolute atomic E-state index is 8.17. The van der Waals surface area contributed by atoms with Gasteiger partial charge in [0.1, 0.15) is 0 Å². The zero-order valence-electron chi connectivity index (χ0n) is 3.98. The van der Waals surface area contributed by atoms with Crippen molar-refractivity contribution in [1.82, 2.24) is 0 Å². The molecule has 0 heterocycles. The molecule has 0 aromatic carbocycles. The fraction of sp³-hybridized carbons (Fsp3) is 0.667. The first-order valence-electron chi connectivity index (χ1n) is 1.39. The molecule has 1 unspecified atom stereocenters. The minimum Gasteiger partial charge on any atom is -0.424 e. The molecule has 0 aromatic rings. The SMILES string of the molecule is CC(O)[CH-]Cl.[K+]. The van der Waals surface area contributed by atoms with Crippen LogP contribution in [-0.2, 0) is 0 Å². The summed E-state index contributed by atoms with van der Waals surface area (Å²) in [6, 6.07) is 0. The van der Waals surface area contributed by atoms with Gasteiger partial charge in [-0.1, -0.05) is 13.0 Å². The number of hydrogen-bond donors (Lipinski definition) is 1. The Balaban J connectivity index is 0. The van der Waals surface area contributed by atoms with Crippen molar-refractivity contribution in [1.29, 1.82) is 0 Å². The largest absolute Gasteiger partial charge is 1.00 e. The van der Waals surface area contributed by atoms with Gasteiger partial charge in [-0.25, -0.2) is 5.88 Å². The van der Waals surface area contributed by atoms with Crippen molar-refractivity contribution in [2.45, 2.75) is 13.0 Å². The second-order valence-corrected chi connectivity index (χ2v) is 1.12. The van der Waals surface area contributed by atoms with Crippen LogP contribution in [0.15, 0.2) is 0 Å². The number of aliphatic hydroxyl groups excluding tert-OH is 1. The summed E-state index contributed by atoms with van der Waals surface area (Å²) in [6.45, 7) is 1.59. The first-order chi connectivity index (χ1) is 2.27. The van der Waals surface area contributed by atoms with E-state index < -0.39 is 6.10 Å². The van der Waals surface area contributed by atoms with Gasteiger partial charge in [-0.3, -0.25) is 0 Å². The van der Waals surface area contributed by atoms with Crippen molar-refractivity contribution < 1.29 is 56.5 Å². The zero-order chi connectivity index (χ0) is 4.28. The van der Waals surface area contributed by atoms with Gasteiger partial charge in [0.2, 0.25) is 0 Å². The number of rotatable bonds is 1. The van der Waals surface area contributed by atoms with Crippen molar-refractivity contribution >= 4 is 11.6 Å². The quantitative estimate of drug-likeness (QED) is 0.317. The molecule has 0 radical (unpaired) electrons. The Morgan fingerprint density at radius 2 is 2.00 bits per heavy atom. The minimum atomic E-state index is -0.475. The van der Waals surface area contributed by atoms with E-state index in [0.717, 1.165) is 0 Å². The molecule has 3 heteroatoms. The van der Waals surface area contributed by atoms with Gasteiger partial charge >= 0.3 is 51.4 Å². The third-order valence-corrected chi connectivity index (χ3v) is 0.547. The third-order valence-electron chi connectivity index (χ3n) is 0.182. The Morgan fingerprint density at radius 3 is 2.00 bits per heavy atom. The van der Waals surface area contributed by atoms with Gasteiger partial charge in [0.25, 0.3) is 0 Å². The van der Waals surface area contributed by atoms with Crippen LogP contribution in [0.2, 0.25) is 0 Å². The van der Waals surface area contributed by atoms with Crippen molar-refractivity contribution in [2.75, 3.05) is 0 Å². The first kappa shape index (κ1) is 10.8. The molecule has 0 aromatic heterocycles. The molecule has 6 heavy (non-hydrogen) atoms. The van der Waals surface area contributed by atoms with Crippen LogP contribution < -0.4 is 51.4 Å². The van der Waals surface area contributed by atoms with Crippen LogP contribution in [0.4, 0.5) is 0 Å². The summed E-state index contributed by atoms with van der Waals surface area (Å²) in [5, 5.41) is 8.17. The normalized spacial score (nSPS) is 12.5. The molecule has 0 saturated carbocycles. The van der Waals surface area contributed by atoms with Gasteiger partial charge in [0.05, 0.1) is 0 Å². The van der Waals surface area contributed by atoms with Crippen molar-refractivity contribution in [3.05, 3.63) is 5.88 Å². The van der Waals surface area contributed by atoms with E-state index >= 15 is 0 Å². The zero-order valence-corrected chi connectivity index (χ0v) is 7.86. The van der Waals surface area contributed by atoms with E-state index in [0.29, 0.717) is 0 Å². The number of hydrogen-bond acceptors (Lipinski definition) is 1. The van der Waals surface area contributed by atoms with Crippen LogP contribution in [0.3, 0.4) is 0 Å². The topological polar surface area (TPSA) is 20.2 Å². The van der Waals surface area contributed by atoms with Gasteiger partial charge in [-0.15, -0.1) is 0 Å². The average Bonchev–Trinajstić information content (AvgIpc) is 1.38. The molecule has 0 aliphatic rings. The number of halogens is 1. The summed E-state index contributed by atoms with van der Waals surface area (Å²) >= 11 is 4.96. The maximum atomic E-state index is 8.17. The van der Waals surface area contributed by atoms with E-state index in [-0.39, 0.29) is 51.4 Å². The first-order valence-corrected chi connectivity index (χ1v) is 1.82. The fourth-order valence-corrected chi connectivity index (χ4v) is 0. The fourth-order valence-electron chi connectivity index (χ4n) is 0. The van der Waals surface area contributed by atoms with Crippen molar-refractivity contribution in [2.24, 2.45) is 0 Å². The number of aliphatic hydroxyl groups is 1. The maximum Gasteiger partial charge on any atom is 1.00 e. The monoisotopic (exact) mass is 132 g/mol. The summed E-state index contributed by atoms with van der Waals surface area (Å²) in [4.78, 5) is 0. The Bertz CT molecular complexity index is 24.8. The van der Waals surface area contributed by atoms with Crippen LogP contribution in [0, 0.1) is 5.88 Å². The van der Waals surface area contributed by atoms with Crippen LogP contribution in [-0.4, -0.2) is 11.2 Å². The molecule has 0 amide bonds. The summed E-state index contributed by atoms with van der Waals surface area (Å²) in [6.07, 6.45) is -0.475. The van der Waals surface area contributed by atoms with Crippen LogP contribution >= 0.6 is 11.6 Å². The van der Waals surface area contributed by atoms with E-state index in [1.165, 1.54) is 5.88 Å². The summed E-state index contributed by atoms with van der Waals surface area (Å²) in [7, 11) is 0. The summed E-state index contributed by atoms with van der Waals surface area (Å²) < 4.78 is 0. The van der Waals surface area contributed by atoms with Crippen LogP contribution in [0.1, 0.15) is 6.92 Å².